The van der Waals surface area contributed by atoms with Gasteiger partial charge in [0.25, 0.3) is 5.56 Å². The van der Waals surface area contributed by atoms with Gasteiger partial charge in [-0.3, -0.25) is 9.79 Å². The van der Waals surface area contributed by atoms with Crippen LogP contribution in [0, 0.1) is 11.6 Å². The van der Waals surface area contributed by atoms with Crippen molar-refractivity contribution in [2.75, 3.05) is 6.61 Å². The normalized spacial score (nSPS) is 19.1. The van der Waals surface area contributed by atoms with Crippen molar-refractivity contribution in [2.45, 2.75) is 31.4 Å². The SMILES string of the molecule is Cn1nnc2c(-c3ccc(F)cc3F)cc(C3=C[C@H](/C(C=NC4CC4)=C/N)OCC3)nc2c1=O. The summed E-state index contributed by atoms with van der Waals surface area (Å²) in [5.74, 6) is -1.48. The van der Waals surface area contributed by atoms with Gasteiger partial charge in [0.15, 0.2) is 5.52 Å². The minimum atomic E-state index is -0.774. The summed E-state index contributed by atoms with van der Waals surface area (Å²) < 4.78 is 35.2. The summed E-state index contributed by atoms with van der Waals surface area (Å²) in [6.07, 6.45) is 7.31. The zero-order valence-electron chi connectivity index (χ0n) is 18.4. The summed E-state index contributed by atoms with van der Waals surface area (Å²) in [5, 5.41) is 7.89. The molecule has 8 nitrogen and oxygen atoms in total. The second-order valence-corrected chi connectivity index (χ2v) is 8.30. The van der Waals surface area contributed by atoms with Crippen LogP contribution in [-0.2, 0) is 11.8 Å². The van der Waals surface area contributed by atoms with E-state index in [1.807, 2.05) is 6.08 Å². The lowest BCUT2D eigenvalue weighted by Gasteiger charge is -2.23. The molecule has 0 amide bonds. The van der Waals surface area contributed by atoms with Crippen molar-refractivity contribution in [1.29, 1.82) is 0 Å². The van der Waals surface area contributed by atoms with Gasteiger partial charge in [0, 0.05) is 42.2 Å². The Morgan fingerprint density at radius 3 is 2.79 bits per heavy atom. The number of aliphatic imine (C=N–C) groups is 1. The van der Waals surface area contributed by atoms with Crippen molar-refractivity contribution in [1.82, 2.24) is 20.0 Å². The third-order valence-electron chi connectivity index (χ3n) is 5.84. The first-order valence-electron chi connectivity index (χ1n) is 10.9. The van der Waals surface area contributed by atoms with E-state index in [0.717, 1.165) is 40.8 Å². The first-order chi connectivity index (χ1) is 16.4. The quantitative estimate of drug-likeness (QED) is 0.582. The van der Waals surface area contributed by atoms with E-state index in [2.05, 4.69) is 20.3 Å². The number of nitrogens with two attached hydrogens (primary N) is 1. The van der Waals surface area contributed by atoms with Crippen LogP contribution in [-0.4, -0.2) is 44.9 Å². The zero-order valence-corrected chi connectivity index (χ0v) is 18.4. The van der Waals surface area contributed by atoms with Crippen LogP contribution >= 0.6 is 0 Å². The van der Waals surface area contributed by atoms with Gasteiger partial charge < -0.3 is 10.5 Å². The number of hydrogen-bond acceptors (Lipinski definition) is 7. The standard InChI is InChI=1S/C24H22F2N6O2/c1-32-24(33)23-22(30-31-32)18(17-5-2-15(25)9-19(17)26)10-20(29-23)13-6-7-34-21(8-13)14(11-27)12-28-16-3-4-16/h2,5,8-12,16,21H,3-4,6-7,27H2,1H3/b14-11+,28-12?/t21-/m1/s1. The summed E-state index contributed by atoms with van der Waals surface area (Å²) in [5.41, 5.74) is 7.93. The Morgan fingerprint density at radius 2 is 2.06 bits per heavy atom. The molecule has 1 aromatic carbocycles. The van der Waals surface area contributed by atoms with E-state index in [9.17, 15) is 13.6 Å². The Morgan fingerprint density at radius 1 is 1.24 bits per heavy atom. The van der Waals surface area contributed by atoms with Crippen molar-refractivity contribution in [3.63, 3.8) is 0 Å². The van der Waals surface area contributed by atoms with E-state index >= 15 is 0 Å². The lowest BCUT2D eigenvalue weighted by atomic mass is 9.97. The number of halogens is 2. The molecular formula is C24H22F2N6O2. The van der Waals surface area contributed by atoms with Crippen LogP contribution in [0.3, 0.4) is 0 Å². The van der Waals surface area contributed by atoms with Crippen LogP contribution in [0.4, 0.5) is 8.78 Å². The Labute approximate surface area is 193 Å². The lowest BCUT2D eigenvalue weighted by molar-refractivity contribution is 0.109. The minimum absolute atomic E-state index is 0.0440. The first-order valence-corrected chi connectivity index (χ1v) is 10.9. The summed E-state index contributed by atoms with van der Waals surface area (Å²) in [6, 6.07) is 5.24. The monoisotopic (exact) mass is 464 g/mol. The second kappa shape index (κ2) is 8.86. The van der Waals surface area contributed by atoms with Crippen molar-refractivity contribution in [3.8, 4) is 11.1 Å². The fourth-order valence-corrected chi connectivity index (χ4v) is 3.81. The maximum absolute atomic E-state index is 14.7. The average Bonchev–Trinajstić information content (AvgIpc) is 3.66. The number of hydrogen-bond donors (Lipinski definition) is 1. The topological polar surface area (TPSA) is 108 Å². The lowest BCUT2D eigenvalue weighted by Crippen LogP contribution is -2.23. The molecule has 3 heterocycles. The van der Waals surface area contributed by atoms with Gasteiger partial charge in [-0.05, 0) is 49.1 Å². The molecule has 174 valence electrons. The number of pyridine rings is 1. The Hall–Kier alpha value is -3.79. The van der Waals surface area contributed by atoms with Gasteiger partial charge in [-0.1, -0.05) is 5.21 Å². The van der Waals surface area contributed by atoms with Crippen molar-refractivity contribution >= 4 is 22.8 Å². The maximum atomic E-state index is 14.7. The Bertz CT molecular complexity index is 1420. The first kappa shape index (κ1) is 22.0. The molecule has 1 aliphatic carbocycles. The van der Waals surface area contributed by atoms with E-state index in [0.29, 0.717) is 30.3 Å². The van der Waals surface area contributed by atoms with Crippen molar-refractivity contribution in [3.05, 3.63) is 69.8 Å². The molecular weight excluding hydrogens is 442 g/mol. The van der Waals surface area contributed by atoms with Crippen molar-refractivity contribution < 1.29 is 13.5 Å². The zero-order chi connectivity index (χ0) is 23.8. The molecule has 2 aliphatic rings. The highest BCUT2D eigenvalue weighted by Gasteiger charge is 2.24. The molecule has 1 atom stereocenters. The number of rotatable bonds is 5. The average molecular weight is 464 g/mol. The number of aromatic nitrogens is 4. The Kier molecular flexibility index (Phi) is 5.74. The number of ether oxygens (including phenoxy) is 1. The maximum Gasteiger partial charge on any atom is 0.296 e. The molecule has 3 aromatic rings. The summed E-state index contributed by atoms with van der Waals surface area (Å²) in [7, 11) is 1.46. The van der Waals surface area contributed by atoms with Crippen LogP contribution in [0.1, 0.15) is 25.0 Å². The van der Waals surface area contributed by atoms with Crippen molar-refractivity contribution in [2.24, 2.45) is 17.8 Å². The summed E-state index contributed by atoms with van der Waals surface area (Å²) in [6.45, 7) is 0.400. The highest BCUT2D eigenvalue weighted by Crippen LogP contribution is 2.33. The molecule has 10 heteroatoms. The highest BCUT2D eigenvalue weighted by atomic mass is 19.1. The Balaban J connectivity index is 1.65. The van der Waals surface area contributed by atoms with Crippen LogP contribution in [0.25, 0.3) is 27.7 Å². The predicted octanol–water partition coefficient (Wildman–Crippen LogP) is 2.92. The van der Waals surface area contributed by atoms with E-state index < -0.39 is 23.3 Å². The molecule has 1 aliphatic heterocycles. The number of fused-ring (bicyclic) bond motifs is 1. The van der Waals surface area contributed by atoms with Gasteiger partial charge in [0.2, 0.25) is 0 Å². The third-order valence-corrected chi connectivity index (χ3v) is 5.84. The molecule has 0 unspecified atom stereocenters. The molecule has 34 heavy (non-hydrogen) atoms. The smallest absolute Gasteiger partial charge is 0.296 e. The van der Waals surface area contributed by atoms with E-state index in [-0.39, 0.29) is 16.6 Å². The molecule has 0 bridgehead atoms. The second-order valence-electron chi connectivity index (χ2n) is 8.30. The number of nitrogens with zero attached hydrogens (tertiary/aromatic N) is 5. The van der Waals surface area contributed by atoms with Gasteiger partial charge in [0.05, 0.1) is 18.3 Å². The third kappa shape index (κ3) is 4.24. The van der Waals surface area contributed by atoms with E-state index in [4.69, 9.17) is 10.5 Å². The van der Waals surface area contributed by atoms with Gasteiger partial charge in [-0.25, -0.2) is 18.4 Å². The van der Waals surface area contributed by atoms with Gasteiger partial charge in [-0.15, -0.1) is 5.10 Å². The molecule has 1 fully saturated rings. The molecule has 0 saturated heterocycles. The predicted molar refractivity (Wildman–Crippen MR) is 124 cm³/mol. The minimum Gasteiger partial charge on any atom is -0.404 e. The van der Waals surface area contributed by atoms with Gasteiger partial charge in [0.1, 0.15) is 23.3 Å². The van der Waals surface area contributed by atoms with E-state index in [1.165, 1.54) is 19.3 Å². The van der Waals surface area contributed by atoms with Gasteiger partial charge >= 0.3 is 0 Å². The summed E-state index contributed by atoms with van der Waals surface area (Å²) in [4.78, 5) is 21.9. The summed E-state index contributed by atoms with van der Waals surface area (Å²) >= 11 is 0. The molecule has 1 saturated carbocycles. The number of aryl methyl sites for hydroxylation is 1. The molecule has 5 rings (SSSR count). The largest absolute Gasteiger partial charge is 0.404 e. The number of benzene rings is 1. The molecule has 2 N–H and O–H groups in total. The molecule has 0 radical (unpaired) electrons. The molecule has 0 spiro atoms. The van der Waals surface area contributed by atoms with Crippen LogP contribution in [0.2, 0.25) is 0 Å². The highest BCUT2D eigenvalue weighted by molar-refractivity contribution is 5.93. The van der Waals surface area contributed by atoms with Crippen LogP contribution < -0.4 is 11.3 Å². The molecule has 2 aromatic heterocycles. The van der Waals surface area contributed by atoms with Crippen LogP contribution in [0.5, 0.6) is 0 Å². The van der Waals surface area contributed by atoms with E-state index in [1.54, 1.807) is 12.3 Å². The fraction of sp³-hybridized carbons (Fsp3) is 0.292. The van der Waals surface area contributed by atoms with Crippen LogP contribution in [0.15, 0.2) is 51.9 Å². The van der Waals surface area contributed by atoms with Gasteiger partial charge in [-0.2, -0.15) is 0 Å². The fourth-order valence-electron chi connectivity index (χ4n) is 3.81.